The van der Waals surface area contributed by atoms with Crippen LogP contribution < -0.4 is 5.32 Å². The van der Waals surface area contributed by atoms with Crippen LogP contribution in [0.25, 0.3) is 0 Å². The standard InChI is InChI=1S/C9H17NO3/c1-6(7(11)10-5)8(12)13-9(2,3)4/h6H,1-5H3,(H,10,11). The molecule has 0 saturated heterocycles. The summed E-state index contributed by atoms with van der Waals surface area (Å²) < 4.78 is 5.02. The Balaban J connectivity index is 4.20. The average molecular weight is 187 g/mol. The van der Waals surface area contributed by atoms with Gasteiger partial charge in [0.2, 0.25) is 5.91 Å². The second-order valence-electron chi connectivity index (χ2n) is 3.87. The lowest BCUT2D eigenvalue weighted by Crippen LogP contribution is -2.35. The summed E-state index contributed by atoms with van der Waals surface area (Å²) >= 11 is 0. The third kappa shape index (κ3) is 4.50. The maximum Gasteiger partial charge on any atom is 0.318 e. The molecule has 0 heterocycles. The molecule has 0 aliphatic heterocycles. The van der Waals surface area contributed by atoms with Crippen molar-refractivity contribution in [2.45, 2.75) is 33.3 Å². The van der Waals surface area contributed by atoms with E-state index in [1.807, 2.05) is 0 Å². The minimum absolute atomic E-state index is 0.325. The third-order valence-electron chi connectivity index (χ3n) is 1.40. The molecule has 0 radical (unpaired) electrons. The summed E-state index contributed by atoms with van der Waals surface area (Å²) in [5.41, 5.74) is -0.542. The highest BCUT2D eigenvalue weighted by atomic mass is 16.6. The van der Waals surface area contributed by atoms with E-state index in [1.165, 1.54) is 14.0 Å². The number of hydrogen-bond donors (Lipinski definition) is 1. The normalized spacial score (nSPS) is 13.3. The molecule has 0 aliphatic carbocycles. The van der Waals surface area contributed by atoms with Crippen LogP contribution in [0.2, 0.25) is 0 Å². The number of carbonyl (C=O) groups excluding carboxylic acids is 2. The van der Waals surface area contributed by atoms with Crippen molar-refractivity contribution < 1.29 is 14.3 Å². The maximum atomic E-state index is 11.3. The fraction of sp³-hybridized carbons (Fsp3) is 0.778. The van der Waals surface area contributed by atoms with Crippen molar-refractivity contribution >= 4 is 11.9 Å². The van der Waals surface area contributed by atoms with E-state index in [2.05, 4.69) is 5.32 Å². The van der Waals surface area contributed by atoms with Gasteiger partial charge in [0.15, 0.2) is 0 Å². The smallest absolute Gasteiger partial charge is 0.318 e. The lowest BCUT2D eigenvalue weighted by molar-refractivity contribution is -0.161. The molecule has 1 atom stereocenters. The quantitative estimate of drug-likeness (QED) is 0.511. The molecule has 76 valence electrons. The summed E-state index contributed by atoms with van der Waals surface area (Å²) in [6.45, 7) is 6.82. The zero-order valence-corrected chi connectivity index (χ0v) is 8.80. The largest absolute Gasteiger partial charge is 0.459 e. The van der Waals surface area contributed by atoms with Gasteiger partial charge in [-0.05, 0) is 27.7 Å². The minimum Gasteiger partial charge on any atom is -0.459 e. The molecule has 4 nitrogen and oxygen atoms in total. The van der Waals surface area contributed by atoms with Gasteiger partial charge in [-0.3, -0.25) is 9.59 Å². The Morgan fingerprint density at radius 2 is 1.77 bits per heavy atom. The first-order chi connectivity index (χ1) is 5.78. The van der Waals surface area contributed by atoms with E-state index in [4.69, 9.17) is 4.74 Å². The van der Waals surface area contributed by atoms with Crippen LogP contribution in [0.4, 0.5) is 0 Å². The molecule has 0 spiro atoms. The van der Waals surface area contributed by atoms with E-state index in [9.17, 15) is 9.59 Å². The Morgan fingerprint density at radius 3 is 2.08 bits per heavy atom. The maximum absolute atomic E-state index is 11.3. The molecular weight excluding hydrogens is 170 g/mol. The second kappa shape index (κ2) is 4.25. The number of ether oxygens (including phenoxy) is 1. The number of rotatable bonds is 2. The van der Waals surface area contributed by atoms with E-state index in [-0.39, 0.29) is 5.91 Å². The van der Waals surface area contributed by atoms with Crippen LogP contribution in [0, 0.1) is 5.92 Å². The van der Waals surface area contributed by atoms with E-state index in [1.54, 1.807) is 20.8 Å². The molecule has 0 aromatic heterocycles. The highest BCUT2D eigenvalue weighted by Crippen LogP contribution is 2.10. The topological polar surface area (TPSA) is 55.4 Å². The summed E-state index contributed by atoms with van der Waals surface area (Å²) in [5, 5.41) is 2.39. The molecule has 1 amide bonds. The molecule has 0 saturated carbocycles. The van der Waals surface area contributed by atoms with Gasteiger partial charge in [0.05, 0.1) is 0 Å². The van der Waals surface area contributed by atoms with Crippen LogP contribution in [-0.2, 0) is 14.3 Å². The predicted octanol–water partition coefficient (Wildman–Crippen LogP) is 0.710. The molecule has 0 aromatic carbocycles. The molecule has 1 N–H and O–H groups in total. The van der Waals surface area contributed by atoms with Crippen LogP contribution in [0.1, 0.15) is 27.7 Å². The Kier molecular flexibility index (Phi) is 3.91. The van der Waals surface area contributed by atoms with E-state index >= 15 is 0 Å². The van der Waals surface area contributed by atoms with Crippen LogP contribution in [0.15, 0.2) is 0 Å². The first-order valence-corrected chi connectivity index (χ1v) is 4.22. The van der Waals surface area contributed by atoms with E-state index in [0.29, 0.717) is 0 Å². The molecule has 0 aromatic rings. The fourth-order valence-electron chi connectivity index (χ4n) is 0.714. The summed E-state index contributed by atoms with van der Waals surface area (Å²) in [5.74, 6) is -1.56. The summed E-state index contributed by atoms with van der Waals surface area (Å²) in [6, 6.07) is 0. The average Bonchev–Trinajstić information content (AvgIpc) is 1.98. The van der Waals surface area contributed by atoms with Crippen molar-refractivity contribution in [3.05, 3.63) is 0 Å². The summed E-state index contributed by atoms with van der Waals surface area (Å²) in [6.07, 6.45) is 0. The molecule has 13 heavy (non-hydrogen) atoms. The van der Waals surface area contributed by atoms with Gasteiger partial charge < -0.3 is 10.1 Å². The summed E-state index contributed by atoms with van der Waals surface area (Å²) in [7, 11) is 1.49. The second-order valence-corrected chi connectivity index (χ2v) is 3.87. The van der Waals surface area contributed by atoms with Gasteiger partial charge in [0.25, 0.3) is 0 Å². The van der Waals surface area contributed by atoms with Gasteiger partial charge in [-0.2, -0.15) is 0 Å². The van der Waals surface area contributed by atoms with Gasteiger partial charge in [0, 0.05) is 7.05 Å². The highest BCUT2D eigenvalue weighted by molar-refractivity contribution is 5.97. The SMILES string of the molecule is CNC(=O)C(C)C(=O)OC(C)(C)C. The molecular formula is C9H17NO3. The zero-order chi connectivity index (χ0) is 10.6. The molecule has 0 rings (SSSR count). The predicted molar refractivity (Wildman–Crippen MR) is 49.1 cm³/mol. The van der Waals surface area contributed by atoms with Crippen molar-refractivity contribution in [3.8, 4) is 0 Å². The first-order valence-electron chi connectivity index (χ1n) is 4.22. The Bertz CT molecular complexity index is 205. The van der Waals surface area contributed by atoms with Crippen molar-refractivity contribution in [2.75, 3.05) is 7.05 Å². The van der Waals surface area contributed by atoms with Crippen LogP contribution in [-0.4, -0.2) is 24.5 Å². The molecule has 0 fully saturated rings. The van der Waals surface area contributed by atoms with Crippen molar-refractivity contribution in [3.63, 3.8) is 0 Å². The Labute approximate surface area is 78.6 Å². The zero-order valence-electron chi connectivity index (χ0n) is 8.80. The van der Waals surface area contributed by atoms with Crippen molar-refractivity contribution in [2.24, 2.45) is 5.92 Å². The fourth-order valence-corrected chi connectivity index (χ4v) is 0.714. The Hall–Kier alpha value is -1.06. The lowest BCUT2D eigenvalue weighted by Gasteiger charge is -2.21. The molecule has 0 aliphatic rings. The monoisotopic (exact) mass is 187 g/mol. The molecule has 0 bridgehead atoms. The van der Waals surface area contributed by atoms with E-state index < -0.39 is 17.5 Å². The van der Waals surface area contributed by atoms with Crippen LogP contribution in [0.3, 0.4) is 0 Å². The van der Waals surface area contributed by atoms with Gasteiger partial charge in [-0.1, -0.05) is 0 Å². The van der Waals surface area contributed by atoms with Gasteiger partial charge in [-0.15, -0.1) is 0 Å². The van der Waals surface area contributed by atoms with Crippen LogP contribution in [0.5, 0.6) is 0 Å². The lowest BCUT2D eigenvalue weighted by atomic mass is 10.1. The number of esters is 1. The molecule has 1 unspecified atom stereocenters. The summed E-state index contributed by atoms with van der Waals surface area (Å²) in [4.78, 5) is 22.3. The van der Waals surface area contributed by atoms with Gasteiger partial charge in [-0.25, -0.2) is 0 Å². The van der Waals surface area contributed by atoms with Gasteiger partial charge >= 0.3 is 5.97 Å². The number of hydrogen-bond acceptors (Lipinski definition) is 3. The first kappa shape index (κ1) is 11.9. The van der Waals surface area contributed by atoms with E-state index in [0.717, 1.165) is 0 Å². The number of amides is 1. The van der Waals surface area contributed by atoms with Crippen molar-refractivity contribution in [1.82, 2.24) is 5.32 Å². The number of carbonyl (C=O) groups is 2. The van der Waals surface area contributed by atoms with Crippen molar-refractivity contribution in [1.29, 1.82) is 0 Å². The van der Waals surface area contributed by atoms with Crippen LogP contribution >= 0.6 is 0 Å². The minimum atomic E-state index is -0.746. The molecule has 4 heteroatoms. The number of nitrogens with one attached hydrogen (secondary N) is 1. The Morgan fingerprint density at radius 1 is 1.31 bits per heavy atom. The van der Waals surface area contributed by atoms with Gasteiger partial charge in [0.1, 0.15) is 11.5 Å². The third-order valence-corrected chi connectivity index (χ3v) is 1.40. The highest BCUT2D eigenvalue weighted by Gasteiger charge is 2.26.